The van der Waals surface area contributed by atoms with Gasteiger partial charge in [-0.3, -0.25) is 0 Å². The third-order valence-electron chi connectivity index (χ3n) is 4.63. The van der Waals surface area contributed by atoms with Crippen LogP contribution in [0.4, 0.5) is 0 Å². The molecule has 0 N–H and O–H groups in total. The monoisotopic (exact) mass is 393 g/mol. The zero-order chi connectivity index (χ0) is 19.8. The van der Waals surface area contributed by atoms with Gasteiger partial charge in [-0.15, -0.1) is 0 Å². The molecule has 4 aromatic rings. The van der Waals surface area contributed by atoms with Gasteiger partial charge in [-0.05, 0) is 49.7 Å². The Morgan fingerprint density at radius 3 is 2.61 bits per heavy atom. The number of aryl methyl sites for hydroxylation is 3. The molecular formula is C21H20ClN5O. The Morgan fingerprint density at radius 2 is 1.89 bits per heavy atom. The Bertz CT molecular complexity index is 1160. The highest BCUT2D eigenvalue weighted by atomic mass is 35.5. The van der Waals surface area contributed by atoms with Crippen molar-refractivity contribution in [3.63, 3.8) is 0 Å². The second kappa shape index (κ2) is 7.13. The zero-order valence-corrected chi connectivity index (χ0v) is 16.9. The summed E-state index contributed by atoms with van der Waals surface area (Å²) >= 11 is 6.16. The highest BCUT2D eigenvalue weighted by Crippen LogP contribution is 2.31. The number of nitrogens with zero attached hydrogens (tertiary/aromatic N) is 5. The predicted molar refractivity (Wildman–Crippen MR) is 110 cm³/mol. The van der Waals surface area contributed by atoms with Crippen molar-refractivity contribution < 1.29 is 4.74 Å². The van der Waals surface area contributed by atoms with Crippen LogP contribution in [-0.4, -0.2) is 31.4 Å². The molecule has 7 heteroatoms. The average molecular weight is 394 g/mol. The van der Waals surface area contributed by atoms with E-state index in [9.17, 15) is 0 Å². The number of halogens is 1. The number of benzene rings is 2. The van der Waals surface area contributed by atoms with E-state index < -0.39 is 0 Å². The molecule has 2 aromatic heterocycles. The molecule has 0 saturated heterocycles. The van der Waals surface area contributed by atoms with Gasteiger partial charge in [-0.2, -0.15) is 5.10 Å². The van der Waals surface area contributed by atoms with Gasteiger partial charge in [-0.1, -0.05) is 17.7 Å². The summed E-state index contributed by atoms with van der Waals surface area (Å²) in [4.78, 5) is 9.04. The summed E-state index contributed by atoms with van der Waals surface area (Å²) in [7, 11) is 3.54. The smallest absolute Gasteiger partial charge is 0.182 e. The lowest BCUT2D eigenvalue weighted by molar-refractivity contribution is 0.413. The SMILES string of the molecule is COc1cc(-c2nc(-c3cc(Cl)ccc3C)nn2C)ccc1-n1cnc(C)c1. The lowest BCUT2D eigenvalue weighted by Crippen LogP contribution is -1.98. The van der Waals surface area contributed by atoms with Gasteiger partial charge in [0.05, 0.1) is 24.8 Å². The zero-order valence-electron chi connectivity index (χ0n) is 16.1. The standard InChI is InChI=1S/C21H20ClN5O/c1-13-5-7-16(22)10-17(13)20-24-21(26(3)25-20)15-6-8-18(19(9-15)28-4)27-11-14(2)23-12-27/h5-12H,1-4H3. The quantitative estimate of drug-likeness (QED) is 0.508. The molecule has 2 heterocycles. The van der Waals surface area contributed by atoms with Gasteiger partial charge in [0.1, 0.15) is 5.75 Å². The van der Waals surface area contributed by atoms with Gasteiger partial charge in [0.2, 0.25) is 0 Å². The first-order chi connectivity index (χ1) is 13.5. The number of methoxy groups -OCH3 is 1. The average Bonchev–Trinajstić information content (AvgIpc) is 3.29. The second-order valence-electron chi connectivity index (χ2n) is 6.65. The highest BCUT2D eigenvalue weighted by molar-refractivity contribution is 6.30. The first-order valence-corrected chi connectivity index (χ1v) is 9.21. The minimum atomic E-state index is 0.644. The molecule has 4 rings (SSSR count). The maximum Gasteiger partial charge on any atom is 0.182 e. The van der Waals surface area contributed by atoms with Crippen LogP contribution in [0.2, 0.25) is 5.02 Å². The van der Waals surface area contributed by atoms with Crippen molar-refractivity contribution in [3.05, 3.63) is 65.2 Å². The molecule has 0 bridgehead atoms. The summed E-state index contributed by atoms with van der Waals surface area (Å²) in [5, 5.41) is 5.25. The van der Waals surface area contributed by atoms with Crippen molar-refractivity contribution in [2.24, 2.45) is 7.05 Å². The van der Waals surface area contributed by atoms with E-state index >= 15 is 0 Å². The van der Waals surface area contributed by atoms with Gasteiger partial charge in [0.25, 0.3) is 0 Å². The van der Waals surface area contributed by atoms with Gasteiger partial charge in [0.15, 0.2) is 11.6 Å². The van der Waals surface area contributed by atoms with Crippen LogP contribution in [0.5, 0.6) is 5.75 Å². The molecule has 142 valence electrons. The Kier molecular flexibility index (Phi) is 4.65. The summed E-state index contributed by atoms with van der Waals surface area (Å²) in [6.07, 6.45) is 3.73. The molecule has 0 aliphatic carbocycles. The van der Waals surface area contributed by atoms with Crippen molar-refractivity contribution in [1.82, 2.24) is 24.3 Å². The highest BCUT2D eigenvalue weighted by Gasteiger charge is 2.15. The molecule has 28 heavy (non-hydrogen) atoms. The minimum Gasteiger partial charge on any atom is -0.495 e. The predicted octanol–water partition coefficient (Wildman–Crippen LogP) is 4.61. The van der Waals surface area contributed by atoms with Crippen LogP contribution in [0.15, 0.2) is 48.9 Å². The Hall–Kier alpha value is -3.12. The molecule has 2 aromatic carbocycles. The first-order valence-electron chi connectivity index (χ1n) is 8.83. The summed E-state index contributed by atoms with van der Waals surface area (Å²) in [6.45, 7) is 3.98. The molecule has 6 nitrogen and oxygen atoms in total. The van der Waals surface area contributed by atoms with Crippen LogP contribution in [-0.2, 0) is 7.05 Å². The number of hydrogen-bond acceptors (Lipinski definition) is 4. The molecular weight excluding hydrogens is 374 g/mol. The van der Waals surface area contributed by atoms with Crippen LogP contribution in [0.3, 0.4) is 0 Å². The maximum atomic E-state index is 6.16. The number of imidazole rings is 1. The molecule has 0 aliphatic heterocycles. The Balaban J connectivity index is 1.77. The van der Waals surface area contributed by atoms with Crippen LogP contribution in [0.1, 0.15) is 11.3 Å². The van der Waals surface area contributed by atoms with Gasteiger partial charge >= 0.3 is 0 Å². The van der Waals surface area contributed by atoms with Gasteiger partial charge < -0.3 is 9.30 Å². The fourth-order valence-corrected chi connectivity index (χ4v) is 3.34. The van der Waals surface area contributed by atoms with E-state index in [4.69, 9.17) is 21.3 Å². The normalized spacial score (nSPS) is 11.0. The lowest BCUT2D eigenvalue weighted by atomic mass is 10.1. The summed E-state index contributed by atoms with van der Waals surface area (Å²) < 4.78 is 9.32. The molecule has 0 atom stereocenters. The van der Waals surface area contributed by atoms with E-state index in [1.54, 1.807) is 18.1 Å². The topological polar surface area (TPSA) is 57.8 Å². The molecule has 0 unspecified atom stereocenters. The number of ether oxygens (including phenoxy) is 1. The van der Waals surface area contributed by atoms with Crippen LogP contribution in [0, 0.1) is 13.8 Å². The van der Waals surface area contributed by atoms with Crippen molar-refractivity contribution in [2.75, 3.05) is 7.11 Å². The van der Waals surface area contributed by atoms with Gasteiger partial charge in [-0.25, -0.2) is 14.6 Å². The lowest BCUT2D eigenvalue weighted by Gasteiger charge is -2.11. The Labute approximate surface area is 168 Å². The van der Waals surface area contributed by atoms with E-state index in [1.165, 1.54) is 0 Å². The first kappa shape index (κ1) is 18.3. The summed E-state index contributed by atoms with van der Waals surface area (Å²) in [6, 6.07) is 11.7. The van der Waals surface area contributed by atoms with Crippen LogP contribution >= 0.6 is 11.6 Å². The largest absolute Gasteiger partial charge is 0.495 e. The van der Waals surface area contributed by atoms with Crippen LogP contribution in [0.25, 0.3) is 28.5 Å². The molecule has 0 radical (unpaired) electrons. The van der Waals surface area contributed by atoms with E-state index in [0.29, 0.717) is 10.8 Å². The second-order valence-corrected chi connectivity index (χ2v) is 7.09. The molecule has 0 amide bonds. The number of aromatic nitrogens is 5. The summed E-state index contributed by atoms with van der Waals surface area (Å²) in [5.74, 6) is 2.13. The fourth-order valence-electron chi connectivity index (χ4n) is 3.17. The van der Waals surface area contributed by atoms with Gasteiger partial charge in [0, 0.05) is 29.4 Å². The number of rotatable bonds is 4. The van der Waals surface area contributed by atoms with Crippen molar-refractivity contribution >= 4 is 11.6 Å². The van der Waals surface area contributed by atoms with E-state index in [2.05, 4.69) is 10.1 Å². The van der Waals surface area contributed by atoms with E-state index in [1.807, 2.05) is 68.1 Å². The third kappa shape index (κ3) is 3.27. The number of hydrogen-bond donors (Lipinski definition) is 0. The summed E-state index contributed by atoms with van der Waals surface area (Å²) in [5.41, 5.74) is 4.77. The minimum absolute atomic E-state index is 0.644. The van der Waals surface area contributed by atoms with E-state index in [-0.39, 0.29) is 0 Å². The van der Waals surface area contributed by atoms with Crippen LogP contribution < -0.4 is 4.74 Å². The van der Waals surface area contributed by atoms with E-state index in [0.717, 1.165) is 39.6 Å². The van der Waals surface area contributed by atoms with Crippen molar-refractivity contribution in [2.45, 2.75) is 13.8 Å². The van der Waals surface area contributed by atoms with Crippen molar-refractivity contribution in [1.29, 1.82) is 0 Å². The fraction of sp³-hybridized carbons (Fsp3) is 0.190. The third-order valence-corrected chi connectivity index (χ3v) is 4.87. The molecule has 0 saturated carbocycles. The molecule has 0 spiro atoms. The Morgan fingerprint density at radius 1 is 1.07 bits per heavy atom. The molecule has 0 aliphatic rings. The maximum absolute atomic E-state index is 6.16. The molecule has 0 fully saturated rings. The van der Waals surface area contributed by atoms with Crippen molar-refractivity contribution in [3.8, 4) is 34.2 Å².